The average Bonchev–Trinajstić information content (AvgIpc) is 3.19. The number of carbonyl (C=O) groups excluding carboxylic acids is 1. The molecule has 0 bridgehead atoms. The number of ether oxygens (including phenoxy) is 1. The second-order valence-electron chi connectivity index (χ2n) is 10.1. The van der Waals surface area contributed by atoms with Crippen molar-refractivity contribution in [3.8, 4) is 5.75 Å². The number of sulfonamides is 1. The predicted octanol–water partition coefficient (Wildman–Crippen LogP) is 5.21. The summed E-state index contributed by atoms with van der Waals surface area (Å²) in [5.74, 6) is 0.589. The van der Waals surface area contributed by atoms with Crippen LogP contribution in [0.4, 0.5) is 10.6 Å². The fourth-order valence-corrected chi connectivity index (χ4v) is 6.00. The highest BCUT2D eigenvalue weighted by molar-refractivity contribution is 7.99. The molecule has 0 saturated heterocycles. The minimum Gasteiger partial charge on any atom is -0.496 e. The zero-order chi connectivity index (χ0) is 28.4. The highest BCUT2D eigenvalue weighted by atomic mass is 35.5. The number of carbonyl (C=O) groups is 1. The third kappa shape index (κ3) is 6.97. The van der Waals surface area contributed by atoms with Crippen LogP contribution in [0.1, 0.15) is 38.3 Å². The Labute approximate surface area is 238 Å². The van der Waals surface area contributed by atoms with Crippen molar-refractivity contribution in [2.45, 2.75) is 45.8 Å². The summed E-state index contributed by atoms with van der Waals surface area (Å²) in [5.41, 5.74) is 2.17. The van der Waals surface area contributed by atoms with Gasteiger partial charge in [-0.15, -0.1) is 0 Å². The number of aromatic nitrogens is 2. The number of methoxy groups -OCH3 is 1. The summed E-state index contributed by atoms with van der Waals surface area (Å²) in [6, 6.07) is 12.9. The molecule has 2 amide bonds. The fourth-order valence-electron chi connectivity index (χ4n) is 4.10. The number of nitrogens with zero attached hydrogens (tertiary/aromatic N) is 2. The molecule has 2 aromatic carbocycles. The Morgan fingerprint density at radius 3 is 2.62 bits per heavy atom. The number of allylic oxidation sites excluding steroid dienone is 4. The van der Waals surface area contributed by atoms with Gasteiger partial charge in [-0.3, -0.25) is 9.40 Å². The van der Waals surface area contributed by atoms with Crippen LogP contribution in [0.2, 0.25) is 0 Å². The molecule has 0 aliphatic heterocycles. The van der Waals surface area contributed by atoms with Crippen molar-refractivity contribution in [3.63, 3.8) is 0 Å². The maximum atomic E-state index is 13.3. The van der Waals surface area contributed by atoms with E-state index in [1.54, 1.807) is 16.8 Å². The Bertz CT molecular complexity index is 1600. The third-order valence-electron chi connectivity index (χ3n) is 5.77. The summed E-state index contributed by atoms with van der Waals surface area (Å²) < 4.78 is 36.4. The molecular formula is C27H30ClN5O4S2. The molecule has 0 unspecified atom stereocenters. The van der Waals surface area contributed by atoms with E-state index in [1.165, 1.54) is 13.2 Å². The number of halogens is 1. The maximum absolute atomic E-state index is 13.3. The van der Waals surface area contributed by atoms with Gasteiger partial charge in [0.25, 0.3) is 10.0 Å². The summed E-state index contributed by atoms with van der Waals surface area (Å²) in [6.45, 7) is 6.44. The first-order valence-electron chi connectivity index (χ1n) is 12.2. The lowest BCUT2D eigenvalue weighted by atomic mass is 10.1. The number of hydrogen-bond acceptors (Lipinski definition) is 6. The molecule has 0 spiro atoms. The van der Waals surface area contributed by atoms with Crippen LogP contribution in [-0.4, -0.2) is 41.7 Å². The van der Waals surface area contributed by atoms with Crippen LogP contribution in [0.25, 0.3) is 10.9 Å². The number of urea groups is 1. The Morgan fingerprint density at radius 1 is 1.18 bits per heavy atom. The molecule has 0 saturated carbocycles. The summed E-state index contributed by atoms with van der Waals surface area (Å²) in [5, 5.41) is 11.2. The van der Waals surface area contributed by atoms with Gasteiger partial charge in [-0.2, -0.15) is 5.10 Å². The van der Waals surface area contributed by atoms with E-state index in [0.717, 1.165) is 11.1 Å². The number of hydrogen-bond donors (Lipinski definition) is 3. The molecule has 1 aromatic heterocycles. The number of anilines is 1. The highest BCUT2D eigenvalue weighted by Crippen LogP contribution is 2.34. The molecule has 1 aliphatic carbocycles. The molecule has 3 N–H and O–H groups in total. The average molecular weight is 588 g/mol. The lowest BCUT2D eigenvalue weighted by molar-refractivity contribution is 0.231. The van der Waals surface area contributed by atoms with Gasteiger partial charge in [0.05, 0.1) is 24.6 Å². The first kappa shape index (κ1) is 28.6. The van der Waals surface area contributed by atoms with Crippen LogP contribution in [0.5, 0.6) is 5.75 Å². The topological polar surface area (TPSA) is 114 Å². The van der Waals surface area contributed by atoms with Crippen molar-refractivity contribution >= 4 is 61.5 Å². The summed E-state index contributed by atoms with van der Waals surface area (Å²) >= 11 is 11.4. The number of nitrogens with one attached hydrogen (secondary N) is 3. The molecule has 0 fully saturated rings. The van der Waals surface area contributed by atoms with Gasteiger partial charge >= 0.3 is 6.03 Å². The first-order valence-corrected chi connectivity index (χ1v) is 14.4. The SMILES string of the molecule is COc1cccc2c1c(NS(=O)(=O)C1=CC(Cl)=CCC1=S)nn2Cc1cccc(CNC(=O)NC(C)(C)C)c1. The van der Waals surface area contributed by atoms with E-state index in [0.29, 0.717) is 34.8 Å². The van der Waals surface area contributed by atoms with Crippen molar-refractivity contribution in [2.75, 3.05) is 11.8 Å². The van der Waals surface area contributed by atoms with Crippen molar-refractivity contribution in [1.29, 1.82) is 0 Å². The number of benzene rings is 2. The van der Waals surface area contributed by atoms with Gasteiger partial charge in [-0.05, 0) is 50.1 Å². The number of thiocarbonyl (C=S) groups is 1. The Morgan fingerprint density at radius 2 is 1.90 bits per heavy atom. The second kappa shape index (κ2) is 11.4. The standard InChI is InChI=1S/C27H30ClN5O4S2/c1-27(2,3)30-26(34)29-15-17-7-5-8-18(13-17)16-33-20-9-6-10-21(37-4)24(20)25(31-33)32-39(35,36)23-14-19(28)11-12-22(23)38/h5-11,13-14H,12,15-16H2,1-4H3,(H,31,32)(H2,29,30,34). The molecule has 12 heteroatoms. The molecule has 3 aromatic rings. The third-order valence-corrected chi connectivity index (χ3v) is 7.96. The van der Waals surface area contributed by atoms with Crippen molar-refractivity contribution in [1.82, 2.24) is 20.4 Å². The van der Waals surface area contributed by atoms with Gasteiger partial charge in [0, 0.05) is 28.4 Å². The van der Waals surface area contributed by atoms with Crippen molar-refractivity contribution in [2.24, 2.45) is 0 Å². The van der Waals surface area contributed by atoms with E-state index in [1.807, 2.05) is 57.2 Å². The molecule has 4 rings (SSSR count). The molecule has 206 valence electrons. The zero-order valence-corrected chi connectivity index (χ0v) is 24.4. The van der Waals surface area contributed by atoms with Crippen LogP contribution in [0, 0.1) is 0 Å². The monoisotopic (exact) mass is 587 g/mol. The maximum Gasteiger partial charge on any atom is 0.315 e. The van der Waals surface area contributed by atoms with E-state index in [4.69, 9.17) is 28.6 Å². The normalized spacial score (nSPS) is 14.0. The van der Waals surface area contributed by atoms with Gasteiger partial charge < -0.3 is 15.4 Å². The largest absolute Gasteiger partial charge is 0.496 e. The molecule has 0 radical (unpaired) electrons. The fraction of sp³-hybridized carbons (Fsp3) is 0.296. The van der Waals surface area contributed by atoms with Crippen molar-refractivity contribution in [3.05, 3.63) is 75.7 Å². The zero-order valence-electron chi connectivity index (χ0n) is 22.0. The van der Waals surface area contributed by atoms with Crippen LogP contribution in [0.15, 0.2) is 64.6 Å². The van der Waals surface area contributed by atoms with Crippen LogP contribution < -0.4 is 20.1 Å². The van der Waals surface area contributed by atoms with Gasteiger partial charge in [0.15, 0.2) is 5.82 Å². The van der Waals surface area contributed by atoms with E-state index < -0.39 is 10.0 Å². The smallest absolute Gasteiger partial charge is 0.315 e. The lowest BCUT2D eigenvalue weighted by Gasteiger charge is -2.20. The van der Waals surface area contributed by atoms with Crippen LogP contribution >= 0.6 is 23.8 Å². The van der Waals surface area contributed by atoms with Gasteiger partial charge in [-0.25, -0.2) is 13.2 Å². The minimum atomic E-state index is -4.06. The minimum absolute atomic E-state index is 0.0571. The number of amides is 2. The van der Waals surface area contributed by atoms with Gasteiger partial charge in [-0.1, -0.05) is 60.2 Å². The number of rotatable bonds is 8. The van der Waals surface area contributed by atoms with E-state index in [-0.39, 0.29) is 33.6 Å². The van der Waals surface area contributed by atoms with Gasteiger partial charge in [0.1, 0.15) is 10.7 Å². The molecule has 1 aliphatic rings. The molecule has 39 heavy (non-hydrogen) atoms. The summed E-state index contributed by atoms with van der Waals surface area (Å²) in [4.78, 5) is 12.4. The second-order valence-corrected chi connectivity index (χ2v) is 12.6. The van der Waals surface area contributed by atoms with Crippen LogP contribution in [-0.2, 0) is 23.1 Å². The van der Waals surface area contributed by atoms with E-state index in [2.05, 4.69) is 20.5 Å². The summed E-state index contributed by atoms with van der Waals surface area (Å²) in [7, 11) is -2.55. The van der Waals surface area contributed by atoms with E-state index >= 15 is 0 Å². The first-order chi connectivity index (χ1) is 18.4. The van der Waals surface area contributed by atoms with E-state index in [9.17, 15) is 13.2 Å². The number of fused-ring (bicyclic) bond motifs is 1. The highest BCUT2D eigenvalue weighted by Gasteiger charge is 2.27. The Kier molecular flexibility index (Phi) is 8.34. The molecule has 1 heterocycles. The summed E-state index contributed by atoms with van der Waals surface area (Å²) in [6.07, 6.45) is 3.27. The Balaban J connectivity index is 1.63. The Hall–Kier alpha value is -3.41. The van der Waals surface area contributed by atoms with Gasteiger partial charge in [0.2, 0.25) is 0 Å². The molecule has 9 nitrogen and oxygen atoms in total. The molecular weight excluding hydrogens is 558 g/mol. The van der Waals surface area contributed by atoms with Crippen LogP contribution in [0.3, 0.4) is 0 Å². The quantitative estimate of drug-likeness (QED) is 0.312. The predicted molar refractivity (Wildman–Crippen MR) is 159 cm³/mol. The van der Waals surface area contributed by atoms with Crippen molar-refractivity contribution < 1.29 is 17.9 Å². The lowest BCUT2D eigenvalue weighted by Crippen LogP contribution is -2.46. The molecule has 0 atom stereocenters.